The van der Waals surface area contributed by atoms with Gasteiger partial charge in [-0.05, 0) is 39.5 Å². The molecule has 0 heterocycles. The number of amides is 1. The van der Waals surface area contributed by atoms with Crippen LogP contribution in [0.3, 0.4) is 0 Å². The minimum absolute atomic E-state index is 0.00137. The van der Waals surface area contributed by atoms with Crippen LogP contribution in [0.2, 0.25) is 0 Å². The fourth-order valence-corrected chi connectivity index (χ4v) is 3.37. The Bertz CT molecular complexity index is 322. The molecule has 0 aromatic heterocycles. The van der Waals surface area contributed by atoms with Crippen molar-refractivity contribution in [3.8, 4) is 0 Å². The van der Waals surface area contributed by atoms with Gasteiger partial charge in [0.1, 0.15) is 5.54 Å². The highest BCUT2D eigenvalue weighted by Crippen LogP contribution is 2.33. The Morgan fingerprint density at radius 3 is 2.78 bits per heavy atom. The lowest BCUT2D eigenvalue weighted by Gasteiger charge is -2.34. The molecule has 4 N–H and O–H groups in total. The van der Waals surface area contributed by atoms with Gasteiger partial charge in [0.2, 0.25) is 5.91 Å². The maximum absolute atomic E-state index is 11.5. The lowest BCUT2D eigenvalue weighted by Crippen LogP contribution is -2.52. The maximum Gasteiger partial charge on any atom is 0.323 e. The Hall–Kier alpha value is -0.750. The quantitative estimate of drug-likeness (QED) is 0.694. The van der Waals surface area contributed by atoms with Crippen LogP contribution in [0.4, 0.5) is 0 Å². The molecule has 6 heteroatoms. The molecule has 1 saturated carbocycles. The topological polar surface area (TPSA) is 92.4 Å². The van der Waals surface area contributed by atoms with Gasteiger partial charge in [-0.3, -0.25) is 9.59 Å². The van der Waals surface area contributed by atoms with Gasteiger partial charge in [-0.15, -0.1) is 11.8 Å². The zero-order chi connectivity index (χ0) is 13.8. The van der Waals surface area contributed by atoms with Crippen molar-refractivity contribution in [2.24, 2.45) is 5.73 Å². The third-order valence-corrected chi connectivity index (χ3v) is 4.37. The van der Waals surface area contributed by atoms with Gasteiger partial charge in [0, 0.05) is 11.3 Å². The molecule has 1 amide bonds. The minimum atomic E-state index is -1.11. The third-order valence-electron chi connectivity index (χ3n) is 3.07. The Balaban J connectivity index is 2.39. The average molecular weight is 274 g/mol. The van der Waals surface area contributed by atoms with E-state index in [2.05, 4.69) is 5.32 Å². The van der Waals surface area contributed by atoms with Crippen LogP contribution in [-0.4, -0.2) is 39.6 Å². The highest BCUT2D eigenvalue weighted by atomic mass is 32.2. The van der Waals surface area contributed by atoms with Gasteiger partial charge in [-0.1, -0.05) is 0 Å². The van der Waals surface area contributed by atoms with Crippen molar-refractivity contribution in [1.82, 2.24) is 5.32 Å². The minimum Gasteiger partial charge on any atom is -0.480 e. The predicted octanol–water partition coefficient (Wildman–Crippen LogP) is 0.969. The van der Waals surface area contributed by atoms with Crippen molar-refractivity contribution in [1.29, 1.82) is 0 Å². The van der Waals surface area contributed by atoms with E-state index in [1.54, 1.807) is 0 Å². The Morgan fingerprint density at radius 1 is 1.56 bits per heavy atom. The molecule has 0 spiro atoms. The number of hydrogen-bond donors (Lipinski definition) is 3. The highest BCUT2D eigenvalue weighted by Gasteiger charge is 2.39. The monoisotopic (exact) mass is 274 g/mol. The molecule has 1 fully saturated rings. The normalized spacial score (nSPS) is 28.1. The smallest absolute Gasteiger partial charge is 0.323 e. The molecular weight excluding hydrogens is 252 g/mol. The number of carbonyl (C=O) groups excluding carboxylic acids is 1. The molecule has 1 aliphatic rings. The summed E-state index contributed by atoms with van der Waals surface area (Å²) in [5.74, 6) is -0.559. The van der Waals surface area contributed by atoms with E-state index in [-0.39, 0.29) is 17.2 Å². The van der Waals surface area contributed by atoms with Gasteiger partial charge in [-0.2, -0.15) is 0 Å². The van der Waals surface area contributed by atoms with Crippen LogP contribution < -0.4 is 11.1 Å². The van der Waals surface area contributed by atoms with E-state index < -0.39 is 11.5 Å². The van der Waals surface area contributed by atoms with Crippen LogP contribution in [0.15, 0.2) is 0 Å². The fourth-order valence-electron chi connectivity index (χ4n) is 2.15. The Morgan fingerprint density at radius 2 is 2.22 bits per heavy atom. The Kier molecular flexibility index (Phi) is 5.47. The van der Waals surface area contributed by atoms with Crippen LogP contribution in [0.25, 0.3) is 0 Å². The van der Waals surface area contributed by atoms with Crippen molar-refractivity contribution in [2.45, 2.75) is 56.4 Å². The SMILES string of the molecule is CC(C)NC(=O)CSC1CCCC(N)(C(=O)O)C1. The molecule has 1 aliphatic carbocycles. The molecule has 0 saturated heterocycles. The summed E-state index contributed by atoms with van der Waals surface area (Å²) in [4.78, 5) is 22.6. The molecule has 0 aliphatic heterocycles. The van der Waals surface area contributed by atoms with Gasteiger partial charge in [0.25, 0.3) is 0 Å². The summed E-state index contributed by atoms with van der Waals surface area (Å²) in [7, 11) is 0. The van der Waals surface area contributed by atoms with E-state index in [1.807, 2.05) is 13.8 Å². The summed E-state index contributed by atoms with van der Waals surface area (Å²) < 4.78 is 0. The van der Waals surface area contributed by atoms with E-state index in [1.165, 1.54) is 11.8 Å². The first kappa shape index (κ1) is 15.3. The van der Waals surface area contributed by atoms with Gasteiger partial charge in [0.15, 0.2) is 0 Å². The second kappa shape index (κ2) is 6.43. The summed E-state index contributed by atoms with van der Waals surface area (Å²) in [5.41, 5.74) is 4.76. The number of rotatable bonds is 5. The van der Waals surface area contributed by atoms with E-state index in [9.17, 15) is 9.59 Å². The number of nitrogens with one attached hydrogen (secondary N) is 1. The van der Waals surface area contributed by atoms with Crippen molar-refractivity contribution in [3.63, 3.8) is 0 Å². The van der Waals surface area contributed by atoms with Gasteiger partial charge < -0.3 is 16.2 Å². The highest BCUT2D eigenvalue weighted by molar-refractivity contribution is 8.00. The largest absolute Gasteiger partial charge is 0.480 e. The van der Waals surface area contributed by atoms with Crippen LogP contribution >= 0.6 is 11.8 Å². The van der Waals surface area contributed by atoms with Gasteiger partial charge in [-0.25, -0.2) is 0 Å². The molecule has 1 rings (SSSR count). The van der Waals surface area contributed by atoms with Crippen LogP contribution in [-0.2, 0) is 9.59 Å². The number of carboxylic acid groups (broad SMARTS) is 1. The third kappa shape index (κ3) is 4.49. The van der Waals surface area contributed by atoms with Crippen molar-refractivity contribution < 1.29 is 14.7 Å². The molecule has 5 nitrogen and oxygen atoms in total. The fraction of sp³-hybridized carbons (Fsp3) is 0.833. The van der Waals surface area contributed by atoms with Gasteiger partial charge >= 0.3 is 5.97 Å². The molecule has 0 aromatic carbocycles. The van der Waals surface area contributed by atoms with E-state index in [4.69, 9.17) is 10.8 Å². The summed E-state index contributed by atoms with van der Waals surface area (Å²) in [5, 5.41) is 12.1. The van der Waals surface area contributed by atoms with E-state index in [0.717, 1.165) is 12.8 Å². The van der Waals surface area contributed by atoms with Crippen LogP contribution in [0, 0.1) is 0 Å². The first-order valence-corrected chi connectivity index (χ1v) is 7.31. The number of nitrogens with two attached hydrogens (primary N) is 1. The Labute approximate surface area is 112 Å². The maximum atomic E-state index is 11.5. The van der Waals surface area contributed by atoms with E-state index >= 15 is 0 Å². The summed E-state index contributed by atoms with van der Waals surface area (Å²) >= 11 is 1.51. The zero-order valence-electron chi connectivity index (χ0n) is 10.9. The molecular formula is C12H22N2O3S. The van der Waals surface area contributed by atoms with Crippen LogP contribution in [0.5, 0.6) is 0 Å². The van der Waals surface area contributed by atoms with Gasteiger partial charge in [0.05, 0.1) is 5.75 Å². The molecule has 2 atom stereocenters. The van der Waals surface area contributed by atoms with Crippen molar-refractivity contribution in [3.05, 3.63) is 0 Å². The zero-order valence-corrected chi connectivity index (χ0v) is 11.8. The standard InChI is InChI=1S/C12H22N2O3S/c1-8(2)14-10(15)7-18-9-4-3-5-12(13,6-9)11(16)17/h8-9H,3-7,13H2,1-2H3,(H,14,15)(H,16,17). The predicted molar refractivity (Wildman–Crippen MR) is 72.5 cm³/mol. The van der Waals surface area contributed by atoms with E-state index in [0.29, 0.717) is 18.6 Å². The first-order valence-electron chi connectivity index (χ1n) is 6.27. The molecule has 0 bridgehead atoms. The lowest BCUT2D eigenvalue weighted by atomic mass is 9.82. The molecule has 18 heavy (non-hydrogen) atoms. The first-order chi connectivity index (χ1) is 8.33. The average Bonchev–Trinajstić information content (AvgIpc) is 2.25. The second-order valence-corrected chi connectivity index (χ2v) is 6.50. The summed E-state index contributed by atoms with van der Waals surface area (Å²) in [6.45, 7) is 3.83. The number of hydrogen-bond acceptors (Lipinski definition) is 4. The molecule has 0 radical (unpaired) electrons. The number of thioether (sulfide) groups is 1. The lowest BCUT2D eigenvalue weighted by molar-refractivity contribution is -0.144. The molecule has 2 unspecified atom stereocenters. The molecule has 0 aromatic rings. The number of carboxylic acids is 1. The summed E-state index contributed by atoms with van der Waals surface area (Å²) in [6.07, 6.45) is 2.72. The second-order valence-electron chi connectivity index (χ2n) is 5.21. The number of aliphatic carboxylic acids is 1. The summed E-state index contributed by atoms with van der Waals surface area (Å²) in [6, 6.07) is 0.136. The number of carbonyl (C=O) groups is 2. The van der Waals surface area contributed by atoms with Crippen molar-refractivity contribution >= 4 is 23.6 Å². The molecule has 104 valence electrons. The van der Waals surface area contributed by atoms with Crippen LogP contribution in [0.1, 0.15) is 39.5 Å². The van der Waals surface area contributed by atoms with Crippen molar-refractivity contribution in [2.75, 3.05) is 5.75 Å².